The standard InChI is InChI=1S/C23H20N2O3S/c1-27-19-9-5-3-7-16(19)13-25-23(24)29-14-17-12-21(26)28-20-11-10-15-6-2-4-8-18(15)22(17)20/h2-12H,13-14H2,1H3,(H2,24,25). The molecule has 29 heavy (non-hydrogen) atoms. The third kappa shape index (κ3) is 4.12. The Labute approximate surface area is 172 Å². The SMILES string of the molecule is COc1ccccc1CN=C(N)SCc1cc(=O)oc2ccc3ccccc3c12. The average Bonchev–Trinajstić information content (AvgIpc) is 2.75. The molecule has 3 aromatic carbocycles. The zero-order valence-electron chi connectivity index (χ0n) is 15.9. The highest BCUT2D eigenvalue weighted by atomic mass is 32.2. The molecule has 0 bridgehead atoms. The summed E-state index contributed by atoms with van der Waals surface area (Å²) in [6, 6.07) is 21.1. The van der Waals surface area contributed by atoms with Gasteiger partial charge in [0.2, 0.25) is 0 Å². The molecule has 4 aromatic rings. The van der Waals surface area contributed by atoms with E-state index in [4.69, 9.17) is 14.9 Å². The smallest absolute Gasteiger partial charge is 0.336 e. The number of fused-ring (bicyclic) bond motifs is 3. The summed E-state index contributed by atoms with van der Waals surface area (Å²) in [4.78, 5) is 16.5. The first kappa shape index (κ1) is 19.1. The molecule has 0 saturated carbocycles. The number of ether oxygens (including phenoxy) is 1. The van der Waals surface area contributed by atoms with Crippen molar-refractivity contribution in [2.45, 2.75) is 12.3 Å². The van der Waals surface area contributed by atoms with Crippen LogP contribution < -0.4 is 16.1 Å². The molecule has 2 N–H and O–H groups in total. The minimum absolute atomic E-state index is 0.368. The van der Waals surface area contributed by atoms with Gasteiger partial charge in [-0.3, -0.25) is 4.99 Å². The number of aliphatic imine (C=N–C) groups is 1. The van der Waals surface area contributed by atoms with Gasteiger partial charge in [-0.25, -0.2) is 4.79 Å². The van der Waals surface area contributed by atoms with E-state index >= 15 is 0 Å². The summed E-state index contributed by atoms with van der Waals surface area (Å²) in [5, 5.41) is 3.54. The van der Waals surface area contributed by atoms with Crippen molar-refractivity contribution < 1.29 is 9.15 Å². The lowest BCUT2D eigenvalue weighted by molar-refractivity contribution is 0.410. The second-order valence-corrected chi connectivity index (χ2v) is 7.50. The van der Waals surface area contributed by atoms with Crippen LogP contribution in [0, 0.1) is 0 Å². The quantitative estimate of drug-likeness (QED) is 0.226. The van der Waals surface area contributed by atoms with Crippen LogP contribution in [0.4, 0.5) is 0 Å². The fraction of sp³-hybridized carbons (Fsp3) is 0.130. The monoisotopic (exact) mass is 404 g/mol. The molecule has 0 aliphatic carbocycles. The van der Waals surface area contributed by atoms with E-state index in [2.05, 4.69) is 4.99 Å². The highest BCUT2D eigenvalue weighted by Gasteiger charge is 2.10. The summed E-state index contributed by atoms with van der Waals surface area (Å²) in [5.74, 6) is 1.31. The van der Waals surface area contributed by atoms with Gasteiger partial charge in [-0.15, -0.1) is 0 Å². The van der Waals surface area contributed by atoms with Gasteiger partial charge in [0.15, 0.2) is 5.17 Å². The van der Waals surface area contributed by atoms with Crippen molar-refractivity contribution in [3.8, 4) is 5.75 Å². The number of nitrogens with two attached hydrogens (primary N) is 1. The largest absolute Gasteiger partial charge is 0.496 e. The number of hydrogen-bond donors (Lipinski definition) is 1. The Hall–Kier alpha value is -3.25. The normalized spacial score (nSPS) is 11.8. The van der Waals surface area contributed by atoms with Crippen LogP contribution in [0.25, 0.3) is 21.7 Å². The molecular formula is C23H20N2O3S. The molecule has 0 spiro atoms. The molecule has 0 fully saturated rings. The van der Waals surface area contributed by atoms with Crippen molar-refractivity contribution in [2.75, 3.05) is 7.11 Å². The molecular weight excluding hydrogens is 384 g/mol. The highest BCUT2D eigenvalue weighted by molar-refractivity contribution is 8.13. The molecule has 6 heteroatoms. The van der Waals surface area contributed by atoms with E-state index in [-0.39, 0.29) is 5.63 Å². The van der Waals surface area contributed by atoms with Gasteiger partial charge in [-0.2, -0.15) is 0 Å². The Morgan fingerprint density at radius 2 is 1.86 bits per heavy atom. The van der Waals surface area contributed by atoms with Crippen molar-refractivity contribution in [1.29, 1.82) is 0 Å². The molecule has 0 radical (unpaired) electrons. The zero-order valence-corrected chi connectivity index (χ0v) is 16.7. The second-order valence-electron chi connectivity index (χ2n) is 6.51. The van der Waals surface area contributed by atoms with Crippen molar-refractivity contribution in [2.24, 2.45) is 10.7 Å². The van der Waals surface area contributed by atoms with Crippen LogP contribution in [0.3, 0.4) is 0 Å². The Morgan fingerprint density at radius 1 is 1.07 bits per heavy atom. The lowest BCUT2D eigenvalue weighted by Crippen LogP contribution is -2.08. The number of methoxy groups -OCH3 is 1. The van der Waals surface area contributed by atoms with Crippen LogP contribution >= 0.6 is 11.8 Å². The molecule has 0 unspecified atom stereocenters. The van der Waals surface area contributed by atoms with Gasteiger partial charge in [0, 0.05) is 22.8 Å². The number of para-hydroxylation sites is 1. The second kappa shape index (κ2) is 8.41. The summed E-state index contributed by atoms with van der Waals surface area (Å²) in [5.41, 5.74) is 8.19. The van der Waals surface area contributed by atoms with E-state index in [0.29, 0.717) is 23.0 Å². The van der Waals surface area contributed by atoms with Gasteiger partial charge in [0.1, 0.15) is 11.3 Å². The number of nitrogens with zero attached hydrogens (tertiary/aromatic N) is 1. The van der Waals surface area contributed by atoms with Crippen molar-refractivity contribution in [3.05, 3.63) is 88.3 Å². The predicted octanol–water partition coefficient (Wildman–Crippen LogP) is 4.70. The Balaban J connectivity index is 1.61. The van der Waals surface area contributed by atoms with Gasteiger partial charge >= 0.3 is 5.63 Å². The first-order valence-corrected chi connectivity index (χ1v) is 10.1. The topological polar surface area (TPSA) is 77.8 Å². The lowest BCUT2D eigenvalue weighted by Gasteiger charge is -2.09. The summed E-state index contributed by atoms with van der Waals surface area (Å²) in [6.45, 7) is 0.434. The maximum Gasteiger partial charge on any atom is 0.336 e. The predicted molar refractivity (Wildman–Crippen MR) is 120 cm³/mol. The Kier molecular flexibility index (Phi) is 5.53. The van der Waals surface area contributed by atoms with Crippen LogP contribution in [0.1, 0.15) is 11.1 Å². The molecule has 0 aliphatic rings. The van der Waals surface area contributed by atoms with Gasteiger partial charge in [0.25, 0.3) is 0 Å². The number of hydrogen-bond acceptors (Lipinski definition) is 5. The minimum Gasteiger partial charge on any atom is -0.496 e. The molecule has 0 aliphatic heterocycles. The summed E-state index contributed by atoms with van der Waals surface area (Å²) in [7, 11) is 1.64. The Morgan fingerprint density at radius 3 is 2.72 bits per heavy atom. The van der Waals surface area contributed by atoms with Crippen LogP contribution in [-0.4, -0.2) is 12.3 Å². The fourth-order valence-electron chi connectivity index (χ4n) is 3.33. The maximum atomic E-state index is 12.0. The third-order valence-electron chi connectivity index (χ3n) is 4.69. The number of benzene rings is 3. The van der Waals surface area contributed by atoms with Crippen LogP contribution in [0.2, 0.25) is 0 Å². The van der Waals surface area contributed by atoms with Crippen molar-refractivity contribution in [1.82, 2.24) is 0 Å². The zero-order chi connectivity index (χ0) is 20.2. The molecule has 0 atom stereocenters. The Bertz CT molecular complexity index is 1260. The minimum atomic E-state index is -0.368. The molecule has 1 heterocycles. The van der Waals surface area contributed by atoms with Crippen molar-refractivity contribution >= 4 is 38.7 Å². The number of thioether (sulfide) groups is 1. The van der Waals surface area contributed by atoms with E-state index in [9.17, 15) is 4.79 Å². The molecule has 0 saturated heterocycles. The van der Waals surface area contributed by atoms with Crippen LogP contribution in [-0.2, 0) is 12.3 Å². The maximum absolute atomic E-state index is 12.0. The van der Waals surface area contributed by atoms with E-state index in [1.807, 2.05) is 60.7 Å². The number of rotatable bonds is 5. The van der Waals surface area contributed by atoms with E-state index < -0.39 is 0 Å². The first-order valence-electron chi connectivity index (χ1n) is 9.15. The van der Waals surface area contributed by atoms with Gasteiger partial charge in [-0.1, -0.05) is 60.3 Å². The van der Waals surface area contributed by atoms with Crippen LogP contribution in [0.5, 0.6) is 5.75 Å². The van der Waals surface area contributed by atoms with E-state index in [1.54, 1.807) is 7.11 Å². The molecule has 5 nitrogen and oxygen atoms in total. The van der Waals surface area contributed by atoms with Gasteiger partial charge in [0.05, 0.1) is 13.7 Å². The molecule has 4 rings (SSSR count). The average molecular weight is 404 g/mol. The molecule has 1 aromatic heterocycles. The molecule has 0 amide bonds. The van der Waals surface area contributed by atoms with Gasteiger partial charge < -0.3 is 14.9 Å². The van der Waals surface area contributed by atoms with Crippen LogP contribution in [0.15, 0.2) is 80.9 Å². The number of amidine groups is 1. The van der Waals surface area contributed by atoms with Gasteiger partial charge in [-0.05, 0) is 28.5 Å². The highest BCUT2D eigenvalue weighted by Crippen LogP contribution is 2.29. The summed E-state index contributed by atoms with van der Waals surface area (Å²) < 4.78 is 10.8. The third-order valence-corrected chi connectivity index (χ3v) is 5.57. The molecule has 146 valence electrons. The summed E-state index contributed by atoms with van der Waals surface area (Å²) >= 11 is 1.40. The summed E-state index contributed by atoms with van der Waals surface area (Å²) in [6.07, 6.45) is 0. The van der Waals surface area contributed by atoms with E-state index in [0.717, 1.165) is 33.0 Å². The first-order chi connectivity index (χ1) is 14.2. The van der Waals surface area contributed by atoms with E-state index in [1.165, 1.54) is 17.8 Å². The fourth-order valence-corrected chi connectivity index (χ4v) is 4.01. The van der Waals surface area contributed by atoms with Crippen molar-refractivity contribution in [3.63, 3.8) is 0 Å². The lowest BCUT2D eigenvalue weighted by atomic mass is 10.0.